The number of imidazole rings is 1. The Balaban J connectivity index is 2.52. The van der Waals surface area contributed by atoms with E-state index in [1.54, 1.807) is 12.3 Å². The van der Waals surface area contributed by atoms with E-state index in [1.807, 2.05) is 19.9 Å². The van der Waals surface area contributed by atoms with Gasteiger partial charge in [0.2, 0.25) is 0 Å². The number of ether oxygens (including phenoxy) is 1. The zero-order valence-corrected chi connectivity index (χ0v) is 13.8. The molecule has 3 N–H and O–H groups in total. The highest BCUT2D eigenvalue weighted by Crippen LogP contribution is 2.34. The van der Waals surface area contributed by atoms with Crippen LogP contribution in [0.5, 0.6) is 11.5 Å². The normalized spacial score (nSPS) is 11.2. The second-order valence-corrected chi connectivity index (χ2v) is 5.50. The predicted molar refractivity (Wildman–Crippen MR) is 91.9 cm³/mol. The molecule has 0 aliphatic carbocycles. The summed E-state index contributed by atoms with van der Waals surface area (Å²) >= 11 is 0. The number of carbonyl (C=O) groups is 1. The van der Waals surface area contributed by atoms with E-state index >= 15 is 0 Å². The lowest BCUT2D eigenvalue weighted by Crippen LogP contribution is -2.02. The van der Waals surface area contributed by atoms with Crippen molar-refractivity contribution in [2.75, 3.05) is 7.11 Å². The third-order valence-corrected chi connectivity index (χ3v) is 3.46. The summed E-state index contributed by atoms with van der Waals surface area (Å²) in [7, 11) is 1.49. The second kappa shape index (κ2) is 7.50. The number of hydrogen-bond donors (Lipinski definition) is 3. The van der Waals surface area contributed by atoms with Crippen LogP contribution in [-0.2, 0) is 11.2 Å². The summed E-state index contributed by atoms with van der Waals surface area (Å²) in [6.07, 6.45) is 7.01. The Morgan fingerprint density at radius 1 is 1.38 bits per heavy atom. The van der Waals surface area contributed by atoms with Crippen molar-refractivity contribution >= 4 is 17.6 Å². The van der Waals surface area contributed by atoms with Gasteiger partial charge in [-0.1, -0.05) is 11.6 Å². The van der Waals surface area contributed by atoms with Gasteiger partial charge in [-0.15, -0.1) is 0 Å². The number of hydrogen-bond acceptors (Lipinski definition) is 4. The van der Waals surface area contributed by atoms with Crippen molar-refractivity contribution in [1.82, 2.24) is 9.97 Å². The summed E-state index contributed by atoms with van der Waals surface area (Å²) in [6.45, 7) is 3.93. The molecule has 0 amide bonds. The van der Waals surface area contributed by atoms with Gasteiger partial charge in [-0.25, -0.2) is 9.78 Å². The number of H-pyrrole nitrogens is 1. The zero-order chi connectivity index (χ0) is 17.7. The van der Waals surface area contributed by atoms with Crippen LogP contribution in [0.25, 0.3) is 11.6 Å². The van der Waals surface area contributed by atoms with Gasteiger partial charge in [0.1, 0.15) is 17.3 Å². The highest BCUT2D eigenvalue weighted by Gasteiger charge is 2.17. The summed E-state index contributed by atoms with van der Waals surface area (Å²) in [6, 6.07) is 3.04. The van der Waals surface area contributed by atoms with Crippen LogP contribution in [0.2, 0.25) is 0 Å². The van der Waals surface area contributed by atoms with Crippen molar-refractivity contribution in [3.63, 3.8) is 0 Å². The number of carboxylic acid groups (broad SMARTS) is 1. The van der Waals surface area contributed by atoms with E-state index in [0.29, 0.717) is 29.1 Å². The Hall–Kier alpha value is -3.02. The Kier molecular flexibility index (Phi) is 5.42. The van der Waals surface area contributed by atoms with Gasteiger partial charge in [0, 0.05) is 18.0 Å². The molecule has 2 aromatic rings. The van der Waals surface area contributed by atoms with Gasteiger partial charge < -0.3 is 19.9 Å². The number of nitrogens with one attached hydrogen (secondary N) is 1. The van der Waals surface area contributed by atoms with E-state index in [2.05, 4.69) is 9.97 Å². The maximum Gasteiger partial charge on any atom is 0.336 e. The fraction of sp³-hybridized carbons (Fsp3) is 0.222. The summed E-state index contributed by atoms with van der Waals surface area (Å²) in [4.78, 5) is 18.4. The van der Waals surface area contributed by atoms with Crippen molar-refractivity contribution in [3.8, 4) is 11.5 Å². The van der Waals surface area contributed by atoms with Gasteiger partial charge >= 0.3 is 5.97 Å². The number of methoxy groups -OCH3 is 1. The minimum atomic E-state index is -1.12. The monoisotopic (exact) mass is 328 g/mol. The molecule has 0 bridgehead atoms. The lowest BCUT2D eigenvalue weighted by molar-refractivity contribution is -0.130. The first-order chi connectivity index (χ1) is 11.4. The molecule has 0 saturated heterocycles. The number of phenols is 1. The number of rotatable bonds is 6. The van der Waals surface area contributed by atoms with Gasteiger partial charge in [0.05, 0.1) is 12.7 Å². The highest BCUT2D eigenvalue weighted by molar-refractivity contribution is 6.20. The summed E-state index contributed by atoms with van der Waals surface area (Å²) in [5.41, 5.74) is 2.08. The smallest absolute Gasteiger partial charge is 0.336 e. The average Bonchev–Trinajstić information content (AvgIpc) is 3.03. The molecule has 0 unspecified atom stereocenters. The molecule has 0 aliphatic rings. The zero-order valence-electron chi connectivity index (χ0n) is 13.8. The number of aromatic amines is 1. The minimum absolute atomic E-state index is 0.00607. The van der Waals surface area contributed by atoms with Crippen LogP contribution in [0.1, 0.15) is 30.8 Å². The van der Waals surface area contributed by atoms with Gasteiger partial charge in [0.15, 0.2) is 0 Å². The molecule has 126 valence electrons. The van der Waals surface area contributed by atoms with Crippen molar-refractivity contribution in [1.29, 1.82) is 0 Å². The van der Waals surface area contributed by atoms with E-state index in [1.165, 1.54) is 25.4 Å². The molecule has 0 spiro atoms. The van der Waals surface area contributed by atoms with Crippen molar-refractivity contribution in [3.05, 3.63) is 53.1 Å². The molecule has 0 aliphatic heterocycles. The van der Waals surface area contributed by atoms with Gasteiger partial charge in [-0.2, -0.15) is 0 Å². The standard InChI is InChI=1S/C18H20N2O4/c1-11(2)4-5-13-15(21)8-12(9-16(13)24-3)14(18(22)23)10-17-19-6-7-20-17/h4,6-10,21H,5H2,1-3H3,(H,19,20)(H,22,23)/b14-10+. The van der Waals surface area contributed by atoms with E-state index in [-0.39, 0.29) is 11.3 Å². The topological polar surface area (TPSA) is 95.4 Å². The maximum absolute atomic E-state index is 11.6. The van der Waals surface area contributed by atoms with Crippen LogP contribution in [0.4, 0.5) is 0 Å². The van der Waals surface area contributed by atoms with Crippen LogP contribution in [0.15, 0.2) is 36.2 Å². The van der Waals surface area contributed by atoms with Crippen LogP contribution in [-0.4, -0.2) is 33.3 Å². The Morgan fingerprint density at radius 2 is 2.12 bits per heavy atom. The molecule has 0 fully saturated rings. The number of phenolic OH excluding ortho intramolecular Hbond substituents is 1. The molecule has 0 atom stereocenters. The molecule has 2 rings (SSSR count). The molecule has 6 heteroatoms. The SMILES string of the molecule is COc1cc(/C(=C\c2ncc[nH]2)C(=O)O)cc(O)c1CC=C(C)C. The van der Waals surface area contributed by atoms with E-state index in [4.69, 9.17) is 4.74 Å². The molecule has 1 heterocycles. The molecular weight excluding hydrogens is 308 g/mol. The number of nitrogens with zero attached hydrogens (tertiary/aromatic N) is 1. The van der Waals surface area contributed by atoms with E-state index in [9.17, 15) is 15.0 Å². The number of aliphatic carboxylic acids is 1. The molecule has 1 aromatic heterocycles. The van der Waals surface area contributed by atoms with Crippen LogP contribution in [0.3, 0.4) is 0 Å². The number of benzene rings is 1. The summed E-state index contributed by atoms with van der Waals surface area (Å²) in [5.74, 6) is -0.271. The summed E-state index contributed by atoms with van der Waals surface area (Å²) in [5, 5.41) is 19.8. The number of aromatic hydroxyl groups is 1. The fourth-order valence-electron chi connectivity index (χ4n) is 2.24. The molecule has 1 aromatic carbocycles. The third-order valence-electron chi connectivity index (χ3n) is 3.46. The van der Waals surface area contributed by atoms with Crippen LogP contribution in [0, 0.1) is 0 Å². The average molecular weight is 328 g/mol. The number of carboxylic acids is 1. The summed E-state index contributed by atoms with van der Waals surface area (Å²) < 4.78 is 5.33. The molecule has 6 nitrogen and oxygen atoms in total. The molecule has 0 radical (unpaired) electrons. The Labute approximate surface area is 140 Å². The second-order valence-electron chi connectivity index (χ2n) is 5.50. The first-order valence-corrected chi connectivity index (χ1v) is 7.40. The molecule has 24 heavy (non-hydrogen) atoms. The third kappa shape index (κ3) is 4.04. The first-order valence-electron chi connectivity index (χ1n) is 7.40. The van der Waals surface area contributed by atoms with Crippen molar-refractivity contribution < 1.29 is 19.7 Å². The first kappa shape index (κ1) is 17.3. The minimum Gasteiger partial charge on any atom is -0.507 e. The number of allylic oxidation sites excluding steroid dienone is 2. The van der Waals surface area contributed by atoms with Gasteiger partial charge in [-0.05, 0) is 44.0 Å². The quantitative estimate of drug-likeness (QED) is 0.559. The lowest BCUT2D eigenvalue weighted by atomic mass is 9.99. The van der Waals surface area contributed by atoms with Crippen LogP contribution < -0.4 is 4.74 Å². The Morgan fingerprint density at radius 3 is 2.67 bits per heavy atom. The molecule has 0 saturated carbocycles. The molecular formula is C18H20N2O4. The predicted octanol–water partition coefficient (Wildman–Crippen LogP) is 3.26. The van der Waals surface area contributed by atoms with Gasteiger partial charge in [0.25, 0.3) is 0 Å². The maximum atomic E-state index is 11.6. The van der Waals surface area contributed by atoms with Crippen LogP contribution >= 0.6 is 0 Å². The Bertz CT molecular complexity index is 786. The fourth-order valence-corrected chi connectivity index (χ4v) is 2.24. The van der Waals surface area contributed by atoms with Gasteiger partial charge in [-0.3, -0.25) is 0 Å². The largest absolute Gasteiger partial charge is 0.507 e. The van der Waals surface area contributed by atoms with E-state index < -0.39 is 5.97 Å². The number of aromatic nitrogens is 2. The van der Waals surface area contributed by atoms with Crippen molar-refractivity contribution in [2.24, 2.45) is 0 Å². The van der Waals surface area contributed by atoms with Crippen molar-refractivity contribution in [2.45, 2.75) is 20.3 Å². The highest BCUT2D eigenvalue weighted by atomic mass is 16.5. The lowest BCUT2D eigenvalue weighted by Gasteiger charge is -2.12. The van der Waals surface area contributed by atoms with E-state index in [0.717, 1.165) is 5.57 Å².